The fourth-order valence-electron chi connectivity index (χ4n) is 3.82. The number of hydrogen-bond donors (Lipinski definition) is 1. The molecule has 32 heavy (non-hydrogen) atoms. The van der Waals surface area contributed by atoms with Gasteiger partial charge in [-0.05, 0) is 62.3 Å². The lowest BCUT2D eigenvalue weighted by molar-refractivity contribution is -0.113. The third-order valence-corrected chi connectivity index (χ3v) is 6.46. The number of likely N-dealkylation sites (tertiary alicyclic amines) is 1. The molecule has 3 aromatic rings. The largest absolute Gasteiger partial charge is 0.378 e. The predicted molar refractivity (Wildman–Crippen MR) is 131 cm³/mol. The lowest BCUT2D eigenvalue weighted by Gasteiger charge is -2.26. The predicted octanol–water partition coefficient (Wildman–Crippen LogP) is 4.05. The Balaban J connectivity index is 1.44. The number of piperidine rings is 1. The third-order valence-electron chi connectivity index (χ3n) is 5.53. The van der Waals surface area contributed by atoms with Crippen molar-refractivity contribution in [2.45, 2.75) is 31.0 Å². The molecule has 0 spiro atoms. The van der Waals surface area contributed by atoms with Crippen molar-refractivity contribution in [3.63, 3.8) is 0 Å². The summed E-state index contributed by atoms with van der Waals surface area (Å²) in [4.78, 5) is 17.0. The number of carbonyl (C=O) groups is 1. The van der Waals surface area contributed by atoms with Gasteiger partial charge < -0.3 is 10.2 Å². The second-order valence-electron chi connectivity index (χ2n) is 8.18. The minimum absolute atomic E-state index is 0.0622. The number of thioether (sulfide) groups is 1. The molecule has 7 nitrogen and oxygen atoms in total. The van der Waals surface area contributed by atoms with E-state index in [1.165, 1.54) is 31.0 Å². The van der Waals surface area contributed by atoms with Crippen LogP contribution < -0.4 is 10.2 Å². The summed E-state index contributed by atoms with van der Waals surface area (Å²) >= 11 is 1.41. The average Bonchev–Trinajstić information content (AvgIpc) is 3.21. The summed E-state index contributed by atoms with van der Waals surface area (Å²) in [5.41, 5.74) is 2.90. The quantitative estimate of drug-likeness (QED) is 0.522. The van der Waals surface area contributed by atoms with E-state index in [9.17, 15) is 4.79 Å². The van der Waals surface area contributed by atoms with Crippen LogP contribution in [-0.4, -0.2) is 58.5 Å². The first-order valence-corrected chi connectivity index (χ1v) is 12.0. The molecule has 2 aromatic carbocycles. The normalized spacial score (nSPS) is 14.3. The van der Waals surface area contributed by atoms with E-state index in [2.05, 4.69) is 37.1 Å². The molecule has 0 radical (unpaired) electrons. The molecule has 0 saturated carbocycles. The summed E-state index contributed by atoms with van der Waals surface area (Å²) in [5, 5.41) is 12.6. The summed E-state index contributed by atoms with van der Waals surface area (Å²) in [6.07, 6.45) is 3.77. The van der Waals surface area contributed by atoms with E-state index in [0.29, 0.717) is 0 Å². The topological polar surface area (TPSA) is 66.3 Å². The number of hydrogen-bond acceptors (Lipinski definition) is 6. The molecule has 0 bridgehead atoms. The molecule has 8 heteroatoms. The minimum atomic E-state index is -0.0622. The Morgan fingerprint density at radius 2 is 1.72 bits per heavy atom. The van der Waals surface area contributed by atoms with Gasteiger partial charge in [0.05, 0.1) is 12.3 Å². The monoisotopic (exact) mass is 450 g/mol. The van der Waals surface area contributed by atoms with E-state index >= 15 is 0 Å². The minimum Gasteiger partial charge on any atom is -0.378 e. The number of rotatable bonds is 8. The number of benzene rings is 2. The summed E-state index contributed by atoms with van der Waals surface area (Å²) in [6, 6.07) is 17.9. The van der Waals surface area contributed by atoms with Crippen LogP contribution in [0.3, 0.4) is 0 Å². The summed E-state index contributed by atoms with van der Waals surface area (Å²) in [5.74, 6) is 1.12. The Bertz CT molecular complexity index is 1010. The molecule has 0 aliphatic carbocycles. The van der Waals surface area contributed by atoms with Gasteiger partial charge in [0.2, 0.25) is 5.91 Å². The van der Waals surface area contributed by atoms with Crippen LogP contribution in [0.15, 0.2) is 59.8 Å². The lowest BCUT2D eigenvalue weighted by Crippen LogP contribution is -2.30. The van der Waals surface area contributed by atoms with Crippen molar-refractivity contribution in [2.24, 2.45) is 0 Å². The second-order valence-corrected chi connectivity index (χ2v) is 9.13. The van der Waals surface area contributed by atoms with Crippen LogP contribution in [0.2, 0.25) is 0 Å². The maximum atomic E-state index is 12.6. The fraction of sp³-hybridized carbons (Fsp3) is 0.375. The molecule has 0 atom stereocenters. The SMILES string of the molecule is CN(C)c1ccc(NC(=O)CSc2nnc(CN3CCCCC3)n2-c2ccccc2)cc1. The van der Waals surface area contributed by atoms with Crippen LogP contribution in [-0.2, 0) is 11.3 Å². The molecule has 2 heterocycles. The van der Waals surface area contributed by atoms with Crippen LogP contribution in [0, 0.1) is 0 Å². The number of para-hydroxylation sites is 1. The van der Waals surface area contributed by atoms with Crippen LogP contribution >= 0.6 is 11.8 Å². The first-order valence-electron chi connectivity index (χ1n) is 11.0. The van der Waals surface area contributed by atoms with Crippen LogP contribution in [0.4, 0.5) is 11.4 Å². The van der Waals surface area contributed by atoms with Gasteiger partial charge in [-0.2, -0.15) is 0 Å². The highest BCUT2D eigenvalue weighted by molar-refractivity contribution is 7.99. The number of nitrogens with one attached hydrogen (secondary N) is 1. The molecule has 1 aliphatic rings. The highest BCUT2D eigenvalue weighted by Gasteiger charge is 2.19. The molecule has 1 aliphatic heterocycles. The van der Waals surface area contributed by atoms with E-state index in [1.54, 1.807) is 0 Å². The zero-order chi connectivity index (χ0) is 22.3. The molecule has 1 saturated heterocycles. The van der Waals surface area contributed by atoms with E-state index in [-0.39, 0.29) is 11.7 Å². The van der Waals surface area contributed by atoms with Gasteiger partial charge >= 0.3 is 0 Å². The molecule has 1 N–H and O–H groups in total. The molecule has 1 aromatic heterocycles. The highest BCUT2D eigenvalue weighted by atomic mass is 32.2. The van der Waals surface area contributed by atoms with Crippen LogP contribution in [0.1, 0.15) is 25.1 Å². The van der Waals surface area contributed by atoms with Crippen LogP contribution in [0.25, 0.3) is 5.69 Å². The van der Waals surface area contributed by atoms with E-state index in [0.717, 1.165) is 47.7 Å². The first-order chi connectivity index (χ1) is 15.6. The number of carbonyl (C=O) groups excluding carboxylic acids is 1. The van der Waals surface area contributed by atoms with Crippen molar-refractivity contribution in [3.05, 3.63) is 60.4 Å². The fourth-order valence-corrected chi connectivity index (χ4v) is 4.59. The maximum Gasteiger partial charge on any atom is 0.234 e. The van der Waals surface area contributed by atoms with Gasteiger partial charge in [0.15, 0.2) is 11.0 Å². The lowest BCUT2D eigenvalue weighted by atomic mass is 10.1. The van der Waals surface area contributed by atoms with E-state index < -0.39 is 0 Å². The van der Waals surface area contributed by atoms with Crippen molar-refractivity contribution >= 4 is 29.0 Å². The van der Waals surface area contributed by atoms with Gasteiger partial charge in [0.1, 0.15) is 0 Å². The average molecular weight is 451 g/mol. The molecule has 0 unspecified atom stereocenters. The van der Waals surface area contributed by atoms with Crippen molar-refractivity contribution < 1.29 is 4.79 Å². The first kappa shape index (κ1) is 22.4. The van der Waals surface area contributed by atoms with Gasteiger partial charge in [-0.25, -0.2) is 0 Å². The molecule has 4 rings (SSSR count). The molecular formula is C24H30N6OS. The zero-order valence-corrected chi connectivity index (χ0v) is 19.5. The van der Waals surface area contributed by atoms with Crippen molar-refractivity contribution in [1.29, 1.82) is 0 Å². The summed E-state index contributed by atoms with van der Waals surface area (Å²) in [7, 11) is 3.99. The van der Waals surface area contributed by atoms with E-state index in [4.69, 9.17) is 0 Å². The highest BCUT2D eigenvalue weighted by Crippen LogP contribution is 2.24. The number of aromatic nitrogens is 3. The van der Waals surface area contributed by atoms with Gasteiger partial charge in [0.25, 0.3) is 0 Å². The van der Waals surface area contributed by atoms with Crippen molar-refractivity contribution in [1.82, 2.24) is 19.7 Å². The molecule has 168 valence electrons. The smallest absolute Gasteiger partial charge is 0.234 e. The Labute approximate surface area is 193 Å². The maximum absolute atomic E-state index is 12.6. The Kier molecular flexibility index (Phi) is 7.44. The van der Waals surface area contributed by atoms with Gasteiger partial charge in [-0.15, -0.1) is 10.2 Å². The summed E-state index contributed by atoms with van der Waals surface area (Å²) in [6.45, 7) is 2.96. The van der Waals surface area contributed by atoms with Crippen molar-refractivity contribution in [2.75, 3.05) is 43.2 Å². The second kappa shape index (κ2) is 10.7. The van der Waals surface area contributed by atoms with Gasteiger partial charge in [-0.3, -0.25) is 14.3 Å². The van der Waals surface area contributed by atoms with E-state index in [1.807, 2.05) is 61.5 Å². The summed E-state index contributed by atoms with van der Waals surface area (Å²) < 4.78 is 2.08. The number of anilines is 2. The molecular weight excluding hydrogens is 420 g/mol. The van der Waals surface area contributed by atoms with Gasteiger partial charge in [0, 0.05) is 31.2 Å². The standard InChI is InChI=1S/C24H30N6OS/c1-28(2)20-13-11-19(12-14-20)25-23(31)18-32-24-27-26-22(17-29-15-7-4-8-16-29)30(24)21-9-5-3-6-10-21/h3,5-6,9-14H,4,7-8,15-18H2,1-2H3,(H,25,31). The number of amides is 1. The Morgan fingerprint density at radius 1 is 1.00 bits per heavy atom. The zero-order valence-electron chi connectivity index (χ0n) is 18.7. The third kappa shape index (κ3) is 5.69. The van der Waals surface area contributed by atoms with Crippen molar-refractivity contribution in [3.8, 4) is 5.69 Å². The van der Waals surface area contributed by atoms with Crippen LogP contribution in [0.5, 0.6) is 0 Å². The number of nitrogens with zero attached hydrogens (tertiary/aromatic N) is 5. The molecule has 1 amide bonds. The van der Waals surface area contributed by atoms with Gasteiger partial charge in [-0.1, -0.05) is 36.4 Å². The Morgan fingerprint density at radius 3 is 2.41 bits per heavy atom. The Hall–Kier alpha value is -2.84. The molecule has 1 fully saturated rings.